The van der Waals surface area contributed by atoms with Gasteiger partial charge in [0.1, 0.15) is 5.94 Å². The van der Waals surface area contributed by atoms with Crippen LogP contribution >= 0.6 is 0 Å². The number of rotatable bonds is 5. The Bertz CT molecular complexity index is 570. The molecule has 0 aliphatic heterocycles. The Morgan fingerprint density at radius 1 is 1.20 bits per heavy atom. The SMILES string of the molecule is CCOC(=O)C(=C=O)C(=Nc1ccccc1)C(=O)OC. The fraction of sp³-hybridized carbons (Fsp3) is 0.214. The van der Waals surface area contributed by atoms with Crippen LogP contribution in [0.3, 0.4) is 0 Å². The molecule has 0 heterocycles. The number of benzene rings is 1. The molecule has 6 heteroatoms. The average Bonchev–Trinajstić information content (AvgIpc) is 2.47. The number of para-hydroxylation sites is 1. The van der Waals surface area contributed by atoms with Crippen molar-refractivity contribution in [2.75, 3.05) is 13.7 Å². The number of methoxy groups -OCH3 is 1. The number of aliphatic imine (C=N–C) groups is 1. The first-order chi connectivity index (χ1) is 9.63. The Kier molecular flexibility index (Phi) is 5.87. The van der Waals surface area contributed by atoms with Gasteiger partial charge in [0.2, 0.25) is 0 Å². The van der Waals surface area contributed by atoms with E-state index in [1.54, 1.807) is 37.3 Å². The van der Waals surface area contributed by atoms with Crippen LogP contribution in [-0.4, -0.2) is 37.3 Å². The Labute approximate surface area is 115 Å². The van der Waals surface area contributed by atoms with Gasteiger partial charge < -0.3 is 9.47 Å². The highest BCUT2D eigenvalue weighted by Crippen LogP contribution is 2.13. The smallest absolute Gasteiger partial charge is 0.358 e. The van der Waals surface area contributed by atoms with E-state index in [0.717, 1.165) is 7.11 Å². The van der Waals surface area contributed by atoms with Gasteiger partial charge in [-0.05, 0) is 19.1 Å². The molecule has 0 fully saturated rings. The van der Waals surface area contributed by atoms with Gasteiger partial charge in [0.05, 0.1) is 19.4 Å². The van der Waals surface area contributed by atoms with E-state index in [9.17, 15) is 14.4 Å². The molecule has 0 radical (unpaired) electrons. The maximum atomic E-state index is 11.7. The second-order valence-corrected chi connectivity index (χ2v) is 3.49. The van der Waals surface area contributed by atoms with Gasteiger partial charge in [-0.15, -0.1) is 0 Å². The first-order valence-electron chi connectivity index (χ1n) is 5.78. The van der Waals surface area contributed by atoms with Crippen LogP contribution in [0, 0.1) is 0 Å². The lowest BCUT2D eigenvalue weighted by atomic mass is 10.1. The molecular formula is C14H13NO5. The monoisotopic (exact) mass is 275 g/mol. The summed E-state index contributed by atoms with van der Waals surface area (Å²) in [4.78, 5) is 38.1. The third kappa shape index (κ3) is 3.90. The van der Waals surface area contributed by atoms with Gasteiger partial charge in [0.25, 0.3) is 0 Å². The van der Waals surface area contributed by atoms with Crippen molar-refractivity contribution in [1.82, 2.24) is 0 Å². The predicted octanol–water partition coefficient (Wildman–Crippen LogP) is 1.25. The second-order valence-electron chi connectivity index (χ2n) is 3.49. The Balaban J connectivity index is 3.26. The highest BCUT2D eigenvalue weighted by Gasteiger charge is 2.26. The van der Waals surface area contributed by atoms with Crippen molar-refractivity contribution >= 4 is 29.3 Å². The molecule has 0 atom stereocenters. The second kappa shape index (κ2) is 7.66. The Morgan fingerprint density at radius 3 is 2.35 bits per heavy atom. The third-order valence-corrected chi connectivity index (χ3v) is 2.19. The first kappa shape index (κ1) is 15.3. The summed E-state index contributed by atoms with van der Waals surface area (Å²) >= 11 is 0. The number of esters is 2. The lowest BCUT2D eigenvalue weighted by Gasteiger charge is -2.05. The average molecular weight is 275 g/mol. The third-order valence-electron chi connectivity index (χ3n) is 2.19. The summed E-state index contributed by atoms with van der Waals surface area (Å²) in [7, 11) is 1.12. The maximum absolute atomic E-state index is 11.7. The molecule has 0 N–H and O–H groups in total. The van der Waals surface area contributed by atoms with Crippen LogP contribution in [0.25, 0.3) is 0 Å². The quantitative estimate of drug-likeness (QED) is 0.349. The van der Waals surface area contributed by atoms with Crippen LogP contribution in [0.5, 0.6) is 0 Å². The van der Waals surface area contributed by atoms with Crippen molar-refractivity contribution in [1.29, 1.82) is 0 Å². The van der Waals surface area contributed by atoms with Gasteiger partial charge in [0, 0.05) is 0 Å². The van der Waals surface area contributed by atoms with Crippen LogP contribution in [0.4, 0.5) is 5.69 Å². The van der Waals surface area contributed by atoms with Gasteiger partial charge in [-0.25, -0.2) is 19.4 Å². The number of carbonyl (C=O) groups excluding carboxylic acids is 3. The van der Waals surface area contributed by atoms with Crippen molar-refractivity contribution in [2.24, 2.45) is 4.99 Å². The molecule has 104 valence electrons. The highest BCUT2D eigenvalue weighted by molar-refractivity contribution is 6.51. The molecule has 0 saturated carbocycles. The van der Waals surface area contributed by atoms with Crippen molar-refractivity contribution in [2.45, 2.75) is 6.92 Å². The fourth-order valence-electron chi connectivity index (χ4n) is 1.32. The molecule has 0 amide bonds. The number of carbonyl (C=O) groups is 2. The van der Waals surface area contributed by atoms with Crippen LogP contribution in [-0.2, 0) is 23.9 Å². The molecule has 0 aliphatic carbocycles. The molecule has 0 saturated heterocycles. The summed E-state index contributed by atoms with van der Waals surface area (Å²) < 4.78 is 9.20. The van der Waals surface area contributed by atoms with E-state index in [0.29, 0.717) is 5.69 Å². The summed E-state index contributed by atoms with van der Waals surface area (Å²) in [6, 6.07) is 8.37. The standard InChI is InChI=1S/C14H13NO5/c1-3-20-13(17)11(9-16)12(14(18)19-2)15-10-7-5-4-6-8-10/h4-8H,3H2,1-2H3. The zero-order valence-electron chi connectivity index (χ0n) is 11.1. The summed E-state index contributed by atoms with van der Waals surface area (Å²) in [6.07, 6.45) is 0. The molecule has 0 aromatic heterocycles. The maximum Gasteiger partial charge on any atom is 0.358 e. The number of hydrogen-bond donors (Lipinski definition) is 0. The van der Waals surface area contributed by atoms with Gasteiger partial charge in [-0.3, -0.25) is 0 Å². The minimum atomic E-state index is -0.970. The largest absolute Gasteiger partial charge is 0.464 e. The van der Waals surface area contributed by atoms with E-state index >= 15 is 0 Å². The van der Waals surface area contributed by atoms with Crippen LogP contribution in [0.2, 0.25) is 0 Å². The molecular weight excluding hydrogens is 262 g/mol. The summed E-state index contributed by atoms with van der Waals surface area (Å²) in [5.74, 6) is -0.504. The molecule has 20 heavy (non-hydrogen) atoms. The zero-order valence-corrected chi connectivity index (χ0v) is 11.1. The molecule has 1 aromatic rings. The Hall–Kier alpha value is -2.72. The van der Waals surface area contributed by atoms with E-state index in [1.165, 1.54) is 5.94 Å². The van der Waals surface area contributed by atoms with Crippen molar-refractivity contribution in [3.63, 3.8) is 0 Å². The summed E-state index contributed by atoms with van der Waals surface area (Å²) in [5.41, 5.74) is -0.639. The van der Waals surface area contributed by atoms with Gasteiger partial charge in [0.15, 0.2) is 11.3 Å². The van der Waals surface area contributed by atoms with Crippen LogP contribution in [0.1, 0.15) is 6.92 Å². The topological polar surface area (TPSA) is 82.0 Å². The number of ether oxygens (including phenoxy) is 2. The van der Waals surface area contributed by atoms with Crippen molar-refractivity contribution < 1.29 is 23.9 Å². The minimum Gasteiger partial charge on any atom is -0.464 e. The van der Waals surface area contributed by atoms with Crippen molar-refractivity contribution in [3.05, 3.63) is 35.9 Å². The molecule has 1 rings (SSSR count). The normalized spacial score (nSPS) is 10.4. The van der Waals surface area contributed by atoms with E-state index in [2.05, 4.69) is 14.5 Å². The molecule has 6 nitrogen and oxygen atoms in total. The van der Waals surface area contributed by atoms with Crippen LogP contribution in [0.15, 0.2) is 40.9 Å². The minimum absolute atomic E-state index is 0.0593. The predicted molar refractivity (Wildman–Crippen MR) is 71.4 cm³/mol. The molecule has 0 spiro atoms. The van der Waals surface area contributed by atoms with Gasteiger partial charge in [-0.2, -0.15) is 0 Å². The van der Waals surface area contributed by atoms with E-state index in [-0.39, 0.29) is 6.61 Å². The molecule has 0 aliphatic rings. The van der Waals surface area contributed by atoms with E-state index < -0.39 is 23.2 Å². The number of hydrogen-bond acceptors (Lipinski definition) is 6. The summed E-state index contributed by atoms with van der Waals surface area (Å²) in [5, 5.41) is 0. The van der Waals surface area contributed by atoms with E-state index in [1.807, 2.05) is 0 Å². The zero-order chi connectivity index (χ0) is 15.0. The Morgan fingerprint density at radius 2 is 1.85 bits per heavy atom. The summed E-state index contributed by atoms with van der Waals surface area (Å²) in [6.45, 7) is 1.64. The van der Waals surface area contributed by atoms with Gasteiger partial charge >= 0.3 is 11.9 Å². The molecule has 1 aromatic carbocycles. The van der Waals surface area contributed by atoms with E-state index in [4.69, 9.17) is 0 Å². The first-order valence-corrected chi connectivity index (χ1v) is 5.78. The number of nitrogens with zero attached hydrogens (tertiary/aromatic N) is 1. The lowest BCUT2D eigenvalue weighted by molar-refractivity contribution is -0.139. The fourth-order valence-corrected chi connectivity index (χ4v) is 1.32. The van der Waals surface area contributed by atoms with Gasteiger partial charge in [-0.1, -0.05) is 18.2 Å². The molecule has 0 unspecified atom stereocenters. The molecule has 0 bridgehead atoms. The highest BCUT2D eigenvalue weighted by atomic mass is 16.5. The van der Waals surface area contributed by atoms with Crippen LogP contribution < -0.4 is 0 Å². The lowest BCUT2D eigenvalue weighted by Crippen LogP contribution is -2.25. The van der Waals surface area contributed by atoms with Crippen molar-refractivity contribution in [3.8, 4) is 0 Å².